The van der Waals surface area contributed by atoms with E-state index in [0.717, 1.165) is 9.80 Å². The van der Waals surface area contributed by atoms with Gasteiger partial charge in [0.25, 0.3) is 0 Å². The van der Waals surface area contributed by atoms with Crippen molar-refractivity contribution in [3.05, 3.63) is 0 Å². The SMILES string of the molecule is CC(C)(C)C(CN(CC(=O)[O-])CC(=O)[O-])N(CCN(CC(=O)[O-])CC(=O)[O-])CC(=O)[O-]. The van der Waals surface area contributed by atoms with E-state index in [1.165, 1.54) is 4.90 Å². The third-order valence-electron chi connectivity index (χ3n) is 4.32. The van der Waals surface area contributed by atoms with Gasteiger partial charge in [-0.1, -0.05) is 20.8 Å². The molecule has 0 saturated heterocycles. The molecule has 1 atom stereocenters. The van der Waals surface area contributed by atoms with Crippen LogP contribution in [0.25, 0.3) is 0 Å². The molecule has 31 heavy (non-hydrogen) atoms. The normalized spacial score (nSPS) is 12.8. The number of carbonyl (C=O) groups excluding carboxylic acids is 5. The summed E-state index contributed by atoms with van der Waals surface area (Å²) in [6.07, 6.45) is 0. The molecule has 0 aromatic carbocycles. The number of hydrogen-bond donors (Lipinski definition) is 0. The van der Waals surface area contributed by atoms with E-state index in [1.54, 1.807) is 20.8 Å². The zero-order valence-electron chi connectivity index (χ0n) is 17.7. The summed E-state index contributed by atoms with van der Waals surface area (Å²) in [5.41, 5.74) is -0.709. The van der Waals surface area contributed by atoms with Crippen molar-refractivity contribution in [3.8, 4) is 0 Å². The Morgan fingerprint density at radius 2 is 0.968 bits per heavy atom. The van der Waals surface area contributed by atoms with Gasteiger partial charge in [-0.15, -0.1) is 0 Å². The van der Waals surface area contributed by atoms with Crippen molar-refractivity contribution in [2.45, 2.75) is 26.8 Å². The van der Waals surface area contributed by atoms with Crippen LogP contribution in [0.4, 0.5) is 0 Å². The fourth-order valence-electron chi connectivity index (χ4n) is 3.09. The highest BCUT2D eigenvalue weighted by Gasteiger charge is 2.32. The molecule has 0 aromatic rings. The van der Waals surface area contributed by atoms with Crippen LogP contribution in [0.15, 0.2) is 0 Å². The Bertz CT molecular complexity index is 629. The van der Waals surface area contributed by atoms with Gasteiger partial charge < -0.3 is 49.5 Å². The highest BCUT2D eigenvalue weighted by Crippen LogP contribution is 2.25. The van der Waals surface area contributed by atoms with Crippen LogP contribution in [-0.2, 0) is 24.0 Å². The summed E-state index contributed by atoms with van der Waals surface area (Å²) in [5, 5.41) is 54.9. The van der Waals surface area contributed by atoms with E-state index in [2.05, 4.69) is 0 Å². The average molecular weight is 444 g/mol. The molecule has 1 unspecified atom stereocenters. The van der Waals surface area contributed by atoms with Gasteiger partial charge in [-0.3, -0.25) is 14.7 Å². The number of rotatable bonds is 16. The first-order valence-corrected chi connectivity index (χ1v) is 9.29. The smallest absolute Gasteiger partial charge is 0.0555 e. The van der Waals surface area contributed by atoms with Crippen molar-refractivity contribution in [1.29, 1.82) is 0 Å². The molecule has 0 fully saturated rings. The lowest BCUT2D eigenvalue weighted by Crippen LogP contribution is -2.58. The molecule has 13 nitrogen and oxygen atoms in total. The summed E-state index contributed by atoms with van der Waals surface area (Å²) in [6, 6.07) is -0.753. The van der Waals surface area contributed by atoms with Crippen LogP contribution in [0, 0.1) is 5.41 Å². The minimum atomic E-state index is -1.55. The lowest BCUT2D eigenvalue weighted by atomic mass is 9.85. The van der Waals surface area contributed by atoms with Crippen molar-refractivity contribution in [3.63, 3.8) is 0 Å². The molecular formula is C18H26N3O10-5. The fourth-order valence-corrected chi connectivity index (χ4v) is 3.09. The van der Waals surface area contributed by atoms with E-state index in [9.17, 15) is 49.5 Å². The van der Waals surface area contributed by atoms with Gasteiger partial charge in [-0.25, -0.2) is 0 Å². The third-order valence-corrected chi connectivity index (χ3v) is 4.32. The highest BCUT2D eigenvalue weighted by atomic mass is 16.4. The average Bonchev–Trinajstić information content (AvgIpc) is 2.52. The maximum atomic E-state index is 11.3. The molecule has 13 heteroatoms. The third kappa shape index (κ3) is 13.2. The molecule has 0 aliphatic rings. The van der Waals surface area contributed by atoms with E-state index >= 15 is 0 Å². The lowest BCUT2D eigenvalue weighted by Gasteiger charge is -2.44. The summed E-state index contributed by atoms with van der Waals surface area (Å²) < 4.78 is 0. The standard InChI is InChI=1S/C18H31N3O10/c1-18(2,3)12(6-20(9-15(26)27)10-16(28)29)21(11-17(30)31)5-4-19(7-13(22)23)8-14(24)25/h12H,4-11H2,1-3H3,(H,22,23)(H,24,25)(H,26,27)(H,28,29)(H,30,31)/p-5. The van der Waals surface area contributed by atoms with E-state index in [1.807, 2.05) is 0 Å². The van der Waals surface area contributed by atoms with Crippen LogP contribution in [0.2, 0.25) is 0 Å². The second-order valence-corrected chi connectivity index (χ2v) is 8.09. The molecule has 0 spiro atoms. The van der Waals surface area contributed by atoms with Crippen molar-refractivity contribution in [1.82, 2.24) is 14.7 Å². The van der Waals surface area contributed by atoms with Crippen LogP contribution in [0.3, 0.4) is 0 Å². The summed E-state index contributed by atoms with van der Waals surface area (Å²) >= 11 is 0. The van der Waals surface area contributed by atoms with Gasteiger partial charge in [0.15, 0.2) is 0 Å². The van der Waals surface area contributed by atoms with Crippen LogP contribution in [0.1, 0.15) is 20.8 Å². The van der Waals surface area contributed by atoms with Gasteiger partial charge in [0.05, 0.1) is 29.8 Å². The zero-order chi connectivity index (χ0) is 24.4. The van der Waals surface area contributed by atoms with Gasteiger partial charge in [0.1, 0.15) is 0 Å². The largest absolute Gasteiger partial charge is 0.549 e. The Balaban J connectivity index is 5.72. The van der Waals surface area contributed by atoms with Crippen molar-refractivity contribution in [2.75, 3.05) is 52.4 Å². The predicted octanol–water partition coefficient (Wildman–Crippen LogP) is -7.94. The van der Waals surface area contributed by atoms with E-state index in [4.69, 9.17) is 0 Å². The Labute approximate surface area is 179 Å². The fraction of sp³-hybridized carbons (Fsp3) is 0.722. The van der Waals surface area contributed by atoms with Crippen LogP contribution in [0.5, 0.6) is 0 Å². The minimum Gasteiger partial charge on any atom is -0.549 e. The van der Waals surface area contributed by atoms with Crippen LogP contribution >= 0.6 is 0 Å². The molecule has 0 aliphatic carbocycles. The van der Waals surface area contributed by atoms with Crippen LogP contribution in [-0.4, -0.2) is 103 Å². The molecule has 0 aliphatic heterocycles. The van der Waals surface area contributed by atoms with E-state index < -0.39 is 74.0 Å². The summed E-state index contributed by atoms with van der Waals surface area (Å²) in [6.45, 7) is 0.912. The summed E-state index contributed by atoms with van der Waals surface area (Å²) in [4.78, 5) is 58.2. The molecule has 0 heterocycles. The topological polar surface area (TPSA) is 210 Å². The maximum absolute atomic E-state index is 11.3. The second kappa shape index (κ2) is 12.8. The zero-order valence-corrected chi connectivity index (χ0v) is 17.7. The Morgan fingerprint density at radius 3 is 1.29 bits per heavy atom. The lowest BCUT2D eigenvalue weighted by molar-refractivity contribution is -0.313. The first-order valence-electron chi connectivity index (χ1n) is 9.29. The maximum Gasteiger partial charge on any atom is 0.0555 e. The highest BCUT2D eigenvalue weighted by molar-refractivity contribution is 5.71. The number of carboxylic acid groups (broad SMARTS) is 5. The number of hydrogen-bond acceptors (Lipinski definition) is 13. The molecule has 0 saturated carbocycles. The molecule has 0 amide bonds. The number of carbonyl (C=O) groups is 5. The minimum absolute atomic E-state index is 0.152. The van der Waals surface area contributed by atoms with Gasteiger partial charge in [-0.2, -0.15) is 0 Å². The Morgan fingerprint density at radius 1 is 0.613 bits per heavy atom. The Hall–Kier alpha value is -2.77. The summed E-state index contributed by atoms with van der Waals surface area (Å²) in [5.74, 6) is -7.68. The first kappa shape index (κ1) is 28.2. The van der Waals surface area contributed by atoms with Gasteiger partial charge in [-0.05, 0) is 5.41 Å². The molecule has 0 radical (unpaired) electrons. The molecule has 178 valence electrons. The van der Waals surface area contributed by atoms with Gasteiger partial charge in [0, 0.05) is 58.4 Å². The monoisotopic (exact) mass is 444 g/mol. The molecule has 0 bridgehead atoms. The molecule has 0 aromatic heterocycles. The molecular weight excluding hydrogens is 418 g/mol. The van der Waals surface area contributed by atoms with E-state index in [-0.39, 0.29) is 19.6 Å². The number of aliphatic carboxylic acids is 5. The van der Waals surface area contributed by atoms with Crippen molar-refractivity contribution < 1.29 is 49.5 Å². The predicted molar refractivity (Wildman–Crippen MR) is 92.7 cm³/mol. The second-order valence-electron chi connectivity index (χ2n) is 8.09. The van der Waals surface area contributed by atoms with Gasteiger partial charge in [0.2, 0.25) is 0 Å². The van der Waals surface area contributed by atoms with Crippen molar-refractivity contribution >= 4 is 29.8 Å². The van der Waals surface area contributed by atoms with E-state index in [0.29, 0.717) is 0 Å². The molecule has 0 N–H and O–H groups in total. The Kier molecular flexibility index (Phi) is 11.7. The van der Waals surface area contributed by atoms with Crippen LogP contribution < -0.4 is 25.5 Å². The first-order chi connectivity index (χ1) is 14.1. The quantitative estimate of drug-likeness (QED) is 0.217. The number of carboxylic acids is 5. The van der Waals surface area contributed by atoms with Crippen molar-refractivity contribution in [2.24, 2.45) is 5.41 Å². The molecule has 0 rings (SSSR count). The summed E-state index contributed by atoms with van der Waals surface area (Å²) in [7, 11) is 0. The van der Waals surface area contributed by atoms with Gasteiger partial charge >= 0.3 is 0 Å². The number of nitrogens with zero attached hydrogens (tertiary/aromatic N) is 3.